The molecule has 0 aliphatic heterocycles. The second-order valence-electron chi connectivity index (χ2n) is 4.69. The molecule has 1 aromatic carbocycles. The number of non-ortho nitro benzene ring substituents is 1. The molecule has 1 aromatic heterocycles. The number of ether oxygens (including phenoxy) is 1. The van der Waals surface area contributed by atoms with E-state index in [0.29, 0.717) is 0 Å². The summed E-state index contributed by atoms with van der Waals surface area (Å²) < 4.78 is 5.04. The lowest BCUT2D eigenvalue weighted by atomic mass is 10.2. The highest BCUT2D eigenvalue weighted by molar-refractivity contribution is 6.34. The normalized spacial score (nSPS) is 11.4. The molecule has 0 bridgehead atoms. The summed E-state index contributed by atoms with van der Waals surface area (Å²) in [5.41, 5.74) is 0.243. The number of aromatic nitrogens is 1. The van der Waals surface area contributed by atoms with Gasteiger partial charge >= 0.3 is 5.97 Å². The predicted molar refractivity (Wildman–Crippen MR) is 85.9 cm³/mol. The van der Waals surface area contributed by atoms with Crippen molar-refractivity contribution in [3.63, 3.8) is 0 Å². The Hall–Kier alpha value is -3.00. The molecule has 0 saturated heterocycles. The number of hydrogen-bond donors (Lipinski definition) is 1. The SMILES string of the molecule is C[C@@H](OC(=O)c1ccncc1)C(=O)Nc1ccc([N+](=O)[O-])cc1Cl. The summed E-state index contributed by atoms with van der Waals surface area (Å²) >= 11 is 5.89. The molecule has 1 amide bonds. The van der Waals surface area contributed by atoms with Crippen molar-refractivity contribution in [2.45, 2.75) is 13.0 Å². The highest BCUT2D eigenvalue weighted by atomic mass is 35.5. The number of halogens is 1. The third-order valence-corrected chi connectivity index (χ3v) is 3.30. The first kappa shape index (κ1) is 17.4. The van der Waals surface area contributed by atoms with Gasteiger partial charge in [0.25, 0.3) is 11.6 Å². The van der Waals surface area contributed by atoms with Gasteiger partial charge in [-0.25, -0.2) is 4.79 Å². The van der Waals surface area contributed by atoms with Crippen molar-refractivity contribution in [1.29, 1.82) is 0 Å². The van der Waals surface area contributed by atoms with Gasteiger partial charge in [0.1, 0.15) is 0 Å². The second-order valence-corrected chi connectivity index (χ2v) is 5.10. The lowest BCUT2D eigenvalue weighted by Crippen LogP contribution is -2.30. The molecular weight excluding hydrogens is 338 g/mol. The molecule has 24 heavy (non-hydrogen) atoms. The number of pyridine rings is 1. The van der Waals surface area contributed by atoms with Gasteiger partial charge in [0.15, 0.2) is 6.10 Å². The Balaban J connectivity index is 2.01. The standard InChI is InChI=1S/C15H12ClN3O5/c1-9(24-15(21)10-4-6-17-7-5-10)14(20)18-13-3-2-11(19(22)23)8-12(13)16/h2-9H,1H3,(H,18,20)/t9-/m1/s1. The summed E-state index contributed by atoms with van der Waals surface area (Å²) in [6.45, 7) is 1.40. The predicted octanol–water partition coefficient (Wildman–Crippen LogP) is 2.83. The van der Waals surface area contributed by atoms with Crippen molar-refractivity contribution in [2.24, 2.45) is 0 Å². The zero-order chi connectivity index (χ0) is 17.7. The summed E-state index contributed by atoms with van der Waals surface area (Å²) in [6, 6.07) is 6.54. The first-order valence-corrected chi connectivity index (χ1v) is 7.12. The molecule has 2 rings (SSSR count). The fraction of sp³-hybridized carbons (Fsp3) is 0.133. The first-order chi connectivity index (χ1) is 11.4. The fourth-order valence-electron chi connectivity index (χ4n) is 1.72. The smallest absolute Gasteiger partial charge is 0.339 e. The van der Waals surface area contributed by atoms with Crippen LogP contribution in [0, 0.1) is 10.1 Å². The number of nitro groups is 1. The van der Waals surface area contributed by atoms with Crippen LogP contribution in [0.4, 0.5) is 11.4 Å². The van der Waals surface area contributed by atoms with Crippen LogP contribution in [-0.2, 0) is 9.53 Å². The Morgan fingerprint density at radius 2 is 1.96 bits per heavy atom. The maximum Gasteiger partial charge on any atom is 0.339 e. The lowest BCUT2D eigenvalue weighted by Gasteiger charge is -2.14. The summed E-state index contributed by atoms with van der Waals surface area (Å²) in [5.74, 6) is -1.29. The Kier molecular flexibility index (Phi) is 5.43. The molecule has 1 heterocycles. The van der Waals surface area contributed by atoms with Crippen LogP contribution in [0.5, 0.6) is 0 Å². The van der Waals surface area contributed by atoms with Gasteiger partial charge in [-0.3, -0.25) is 19.9 Å². The van der Waals surface area contributed by atoms with Crippen LogP contribution >= 0.6 is 11.6 Å². The van der Waals surface area contributed by atoms with Gasteiger partial charge < -0.3 is 10.1 Å². The van der Waals surface area contributed by atoms with Crippen LogP contribution in [0.25, 0.3) is 0 Å². The Bertz CT molecular complexity index is 782. The van der Waals surface area contributed by atoms with E-state index in [1.807, 2.05) is 0 Å². The summed E-state index contributed by atoms with van der Waals surface area (Å²) in [5, 5.41) is 13.1. The number of rotatable bonds is 5. The number of nitro benzene ring substituents is 1. The molecular formula is C15H12ClN3O5. The van der Waals surface area contributed by atoms with Crippen molar-refractivity contribution in [1.82, 2.24) is 4.98 Å². The summed E-state index contributed by atoms with van der Waals surface area (Å²) in [6.07, 6.45) is 1.77. The van der Waals surface area contributed by atoms with E-state index in [-0.39, 0.29) is 22.0 Å². The van der Waals surface area contributed by atoms with Crippen molar-refractivity contribution in [3.05, 3.63) is 63.4 Å². The van der Waals surface area contributed by atoms with Crippen molar-refractivity contribution >= 4 is 34.9 Å². The Morgan fingerprint density at radius 1 is 1.29 bits per heavy atom. The third kappa shape index (κ3) is 4.26. The van der Waals surface area contributed by atoms with Crippen LogP contribution in [0.15, 0.2) is 42.7 Å². The number of benzene rings is 1. The van der Waals surface area contributed by atoms with Gasteiger partial charge in [0, 0.05) is 24.5 Å². The van der Waals surface area contributed by atoms with Gasteiger partial charge in [0.2, 0.25) is 0 Å². The van der Waals surface area contributed by atoms with E-state index in [0.717, 1.165) is 6.07 Å². The minimum atomic E-state index is -1.09. The zero-order valence-corrected chi connectivity index (χ0v) is 13.2. The minimum absolute atomic E-state index is 0.00482. The summed E-state index contributed by atoms with van der Waals surface area (Å²) in [7, 11) is 0. The van der Waals surface area contributed by atoms with E-state index < -0.39 is 22.9 Å². The van der Waals surface area contributed by atoms with Crippen LogP contribution in [0.1, 0.15) is 17.3 Å². The minimum Gasteiger partial charge on any atom is -0.449 e. The molecule has 0 radical (unpaired) electrons. The van der Waals surface area contributed by atoms with Crippen LogP contribution < -0.4 is 5.32 Å². The van der Waals surface area contributed by atoms with E-state index in [9.17, 15) is 19.7 Å². The lowest BCUT2D eigenvalue weighted by molar-refractivity contribution is -0.384. The summed E-state index contributed by atoms with van der Waals surface area (Å²) in [4.78, 5) is 37.7. The average molecular weight is 350 g/mol. The van der Waals surface area contributed by atoms with Gasteiger partial charge in [0.05, 0.1) is 21.2 Å². The van der Waals surface area contributed by atoms with Crippen LogP contribution in [0.2, 0.25) is 5.02 Å². The van der Waals surface area contributed by atoms with E-state index in [1.165, 1.54) is 43.6 Å². The Labute approximate surface area is 141 Å². The largest absolute Gasteiger partial charge is 0.449 e. The molecule has 0 spiro atoms. The monoisotopic (exact) mass is 349 g/mol. The number of anilines is 1. The highest BCUT2D eigenvalue weighted by Crippen LogP contribution is 2.26. The quantitative estimate of drug-likeness (QED) is 0.504. The van der Waals surface area contributed by atoms with E-state index >= 15 is 0 Å². The number of nitrogens with one attached hydrogen (secondary N) is 1. The Morgan fingerprint density at radius 3 is 2.54 bits per heavy atom. The van der Waals surface area contributed by atoms with Crippen LogP contribution in [-0.4, -0.2) is 27.9 Å². The van der Waals surface area contributed by atoms with Gasteiger partial charge in [-0.15, -0.1) is 0 Å². The number of carbonyl (C=O) groups is 2. The van der Waals surface area contributed by atoms with E-state index in [2.05, 4.69) is 10.3 Å². The average Bonchev–Trinajstić information content (AvgIpc) is 2.57. The first-order valence-electron chi connectivity index (χ1n) is 6.74. The van der Waals surface area contributed by atoms with Crippen molar-refractivity contribution < 1.29 is 19.2 Å². The molecule has 0 unspecified atom stereocenters. The number of nitrogens with zero attached hydrogens (tertiary/aromatic N) is 2. The molecule has 9 heteroatoms. The molecule has 2 aromatic rings. The maximum absolute atomic E-state index is 12.1. The fourth-order valence-corrected chi connectivity index (χ4v) is 1.95. The molecule has 0 aliphatic rings. The molecule has 8 nitrogen and oxygen atoms in total. The van der Waals surface area contributed by atoms with Crippen molar-refractivity contribution in [2.75, 3.05) is 5.32 Å². The molecule has 1 N–H and O–H groups in total. The van der Waals surface area contributed by atoms with Gasteiger partial charge in [-0.1, -0.05) is 11.6 Å². The van der Waals surface area contributed by atoms with Gasteiger partial charge in [-0.05, 0) is 25.1 Å². The number of carbonyl (C=O) groups excluding carboxylic acids is 2. The zero-order valence-electron chi connectivity index (χ0n) is 12.4. The molecule has 1 atom stereocenters. The molecule has 0 fully saturated rings. The molecule has 0 saturated carbocycles. The third-order valence-electron chi connectivity index (χ3n) is 2.99. The van der Waals surface area contributed by atoms with E-state index in [4.69, 9.17) is 16.3 Å². The maximum atomic E-state index is 12.1. The van der Waals surface area contributed by atoms with Crippen LogP contribution in [0.3, 0.4) is 0 Å². The molecule has 0 aliphatic carbocycles. The second kappa shape index (κ2) is 7.51. The topological polar surface area (TPSA) is 111 Å². The van der Waals surface area contributed by atoms with E-state index in [1.54, 1.807) is 0 Å². The number of hydrogen-bond acceptors (Lipinski definition) is 6. The highest BCUT2D eigenvalue weighted by Gasteiger charge is 2.20. The van der Waals surface area contributed by atoms with Gasteiger partial charge in [-0.2, -0.15) is 0 Å². The number of esters is 1. The number of amides is 1. The van der Waals surface area contributed by atoms with Crippen molar-refractivity contribution in [3.8, 4) is 0 Å². The molecule has 124 valence electrons.